The number of hydrogen-bond acceptors (Lipinski definition) is 5. The van der Waals surface area contributed by atoms with Crippen LogP contribution in [0, 0.1) is 0 Å². The molecule has 1 aromatic heterocycles. The third kappa shape index (κ3) is 3.04. The monoisotopic (exact) mass is 305 g/mol. The molecule has 3 N–H and O–H groups in total. The number of aromatic amines is 1. The van der Waals surface area contributed by atoms with Crippen molar-refractivity contribution in [3.8, 4) is 0 Å². The van der Waals surface area contributed by atoms with Gasteiger partial charge in [-0.05, 0) is 12.8 Å². The van der Waals surface area contributed by atoms with Gasteiger partial charge in [-0.15, -0.1) is 0 Å². The van der Waals surface area contributed by atoms with E-state index in [0.29, 0.717) is 0 Å². The van der Waals surface area contributed by atoms with E-state index in [0.717, 1.165) is 10.8 Å². The number of aryl methyl sites for hydroxylation is 1. The van der Waals surface area contributed by atoms with Crippen molar-refractivity contribution >= 4 is 0 Å². The first kappa shape index (κ1) is 15.8. The molecule has 0 spiro atoms. The number of hydrogen-bond donors (Lipinski definition) is 3. The van der Waals surface area contributed by atoms with Crippen molar-refractivity contribution < 1.29 is 23.7 Å². The van der Waals surface area contributed by atoms with Crippen LogP contribution in [0.3, 0.4) is 0 Å². The maximum atomic E-state index is 14.0. The average Bonchev–Trinajstić information content (AvgIpc) is 2.74. The van der Waals surface area contributed by atoms with Gasteiger partial charge in [-0.3, -0.25) is 18.7 Å². The molecule has 1 fully saturated rings. The van der Waals surface area contributed by atoms with Crippen LogP contribution in [0.4, 0.5) is 8.78 Å². The van der Waals surface area contributed by atoms with E-state index in [9.17, 15) is 23.5 Å². The van der Waals surface area contributed by atoms with E-state index in [1.807, 2.05) is 4.98 Å². The van der Waals surface area contributed by atoms with Gasteiger partial charge in [-0.2, -0.15) is 0 Å². The molecular formula is C12H16F2N2O5. The quantitative estimate of drug-likeness (QED) is 0.649. The van der Waals surface area contributed by atoms with Crippen LogP contribution in [0.15, 0.2) is 15.8 Å². The zero-order valence-corrected chi connectivity index (χ0v) is 11.0. The van der Waals surface area contributed by atoms with E-state index in [-0.39, 0.29) is 18.4 Å². The zero-order valence-electron chi connectivity index (χ0n) is 11.0. The van der Waals surface area contributed by atoms with E-state index in [4.69, 9.17) is 9.84 Å². The molecule has 4 atom stereocenters. The first-order valence-electron chi connectivity index (χ1n) is 6.48. The Morgan fingerprint density at radius 3 is 2.71 bits per heavy atom. The van der Waals surface area contributed by atoms with Crippen LogP contribution in [0.2, 0.25) is 0 Å². The second kappa shape index (κ2) is 6.46. The molecule has 2 heterocycles. The van der Waals surface area contributed by atoms with E-state index in [1.54, 1.807) is 0 Å². The Morgan fingerprint density at radius 1 is 1.43 bits per heavy atom. The number of halogens is 2. The Morgan fingerprint density at radius 2 is 2.14 bits per heavy atom. The van der Waals surface area contributed by atoms with Crippen molar-refractivity contribution in [2.75, 3.05) is 13.3 Å². The lowest BCUT2D eigenvalue weighted by Gasteiger charge is -2.16. The molecule has 0 bridgehead atoms. The van der Waals surface area contributed by atoms with Crippen molar-refractivity contribution in [2.45, 2.75) is 37.4 Å². The van der Waals surface area contributed by atoms with Gasteiger partial charge in [0.2, 0.25) is 0 Å². The minimum Gasteiger partial charge on any atom is -0.394 e. The van der Waals surface area contributed by atoms with Gasteiger partial charge in [0.05, 0.1) is 13.3 Å². The molecular weight excluding hydrogens is 289 g/mol. The van der Waals surface area contributed by atoms with Crippen molar-refractivity contribution in [3.63, 3.8) is 0 Å². The smallest absolute Gasteiger partial charge is 0.330 e. The van der Waals surface area contributed by atoms with Crippen LogP contribution in [0.1, 0.15) is 18.2 Å². The Labute approximate surface area is 117 Å². The molecule has 21 heavy (non-hydrogen) atoms. The third-order valence-electron chi connectivity index (χ3n) is 3.37. The summed E-state index contributed by atoms with van der Waals surface area (Å²) in [5.74, 6) is 0. The number of aliphatic hydroxyl groups is 2. The van der Waals surface area contributed by atoms with Crippen molar-refractivity contribution in [1.82, 2.24) is 9.55 Å². The molecule has 1 aromatic rings. The Kier molecular flexibility index (Phi) is 4.86. The summed E-state index contributed by atoms with van der Waals surface area (Å²) in [5.41, 5.74) is -1.45. The number of alkyl halides is 2. The molecule has 0 radical (unpaired) electrons. The highest BCUT2D eigenvalue weighted by atomic mass is 19.1. The topological polar surface area (TPSA) is 105 Å². The predicted molar refractivity (Wildman–Crippen MR) is 67.5 cm³/mol. The van der Waals surface area contributed by atoms with Crippen LogP contribution >= 0.6 is 0 Å². The minimum absolute atomic E-state index is 0.0851. The number of nitrogens with zero attached hydrogens (tertiary/aromatic N) is 1. The summed E-state index contributed by atoms with van der Waals surface area (Å²) in [5, 5.41) is 18.5. The first-order chi connectivity index (χ1) is 9.99. The summed E-state index contributed by atoms with van der Waals surface area (Å²) < 4.78 is 32.0. The standard InChI is InChI=1S/C12H16F2N2O5/c13-3-1-2-6-4-16(12(20)15-10(6)19)11-8(14)9(18)7(5-17)21-11/h4,7-9,11,17-18H,1-3,5H2,(H,15,19,20)/t7-,8+,9-,11-/m1/s1/i13-1. The van der Waals surface area contributed by atoms with Gasteiger partial charge in [0.1, 0.15) is 12.2 Å². The van der Waals surface area contributed by atoms with Crippen LogP contribution < -0.4 is 11.2 Å². The number of aliphatic hydroxyl groups excluding tert-OH is 2. The molecule has 9 heteroatoms. The van der Waals surface area contributed by atoms with Gasteiger partial charge in [0.25, 0.3) is 5.56 Å². The van der Waals surface area contributed by atoms with Crippen molar-refractivity contribution in [2.24, 2.45) is 0 Å². The fourth-order valence-electron chi connectivity index (χ4n) is 2.23. The van der Waals surface area contributed by atoms with E-state index < -0.39 is 49.1 Å². The second-order valence-electron chi connectivity index (χ2n) is 4.80. The van der Waals surface area contributed by atoms with Crippen molar-refractivity contribution in [3.05, 3.63) is 32.6 Å². The molecule has 0 aromatic carbocycles. The SMILES string of the molecule is O=c1[nH]c(=O)n([C@@H]2O[C@H](CO)[C@@H](O)[C@@H]2F)cc1CCC[18F]. The van der Waals surface area contributed by atoms with Crippen molar-refractivity contribution in [1.29, 1.82) is 0 Å². The fourth-order valence-corrected chi connectivity index (χ4v) is 2.23. The second-order valence-corrected chi connectivity index (χ2v) is 4.80. The summed E-state index contributed by atoms with van der Waals surface area (Å²) in [6.07, 6.45) is -4.84. The molecule has 0 unspecified atom stereocenters. The summed E-state index contributed by atoms with van der Waals surface area (Å²) in [4.78, 5) is 25.3. The normalized spacial score (nSPS) is 29.0. The molecule has 1 aliphatic heterocycles. The van der Waals surface area contributed by atoms with Gasteiger partial charge in [0.15, 0.2) is 12.4 Å². The molecule has 0 amide bonds. The highest BCUT2D eigenvalue weighted by Crippen LogP contribution is 2.30. The minimum atomic E-state index is -1.93. The van der Waals surface area contributed by atoms with Crippen LogP contribution in [0.5, 0.6) is 0 Å². The fraction of sp³-hybridized carbons (Fsp3) is 0.667. The molecule has 1 saturated heterocycles. The lowest BCUT2D eigenvalue weighted by molar-refractivity contribution is -0.0492. The highest BCUT2D eigenvalue weighted by Gasteiger charge is 2.45. The molecule has 118 valence electrons. The van der Waals surface area contributed by atoms with Crippen LogP contribution in [-0.4, -0.2) is 51.4 Å². The van der Waals surface area contributed by atoms with E-state index in [2.05, 4.69) is 0 Å². The van der Waals surface area contributed by atoms with E-state index >= 15 is 0 Å². The van der Waals surface area contributed by atoms with Gasteiger partial charge in [-0.1, -0.05) is 0 Å². The lowest BCUT2D eigenvalue weighted by atomic mass is 10.1. The Bertz CT molecular complexity index is 602. The van der Waals surface area contributed by atoms with Crippen LogP contribution in [-0.2, 0) is 11.2 Å². The maximum absolute atomic E-state index is 14.0. The highest BCUT2D eigenvalue weighted by molar-refractivity contribution is 5.06. The number of H-pyrrole nitrogens is 1. The van der Waals surface area contributed by atoms with Gasteiger partial charge in [0, 0.05) is 11.8 Å². The maximum Gasteiger partial charge on any atom is 0.330 e. The molecule has 2 rings (SSSR count). The summed E-state index contributed by atoms with van der Waals surface area (Å²) in [7, 11) is 0. The number of aromatic nitrogens is 2. The first-order valence-corrected chi connectivity index (χ1v) is 6.48. The number of ether oxygens (including phenoxy) is 1. The Hall–Kier alpha value is -1.58. The molecule has 7 nitrogen and oxygen atoms in total. The van der Waals surface area contributed by atoms with Gasteiger partial charge < -0.3 is 14.9 Å². The number of nitrogens with one attached hydrogen (secondary N) is 1. The summed E-state index contributed by atoms with van der Waals surface area (Å²) in [6, 6.07) is 0. The zero-order chi connectivity index (χ0) is 15.6. The lowest BCUT2D eigenvalue weighted by Crippen LogP contribution is -2.37. The largest absolute Gasteiger partial charge is 0.394 e. The van der Waals surface area contributed by atoms with Crippen LogP contribution in [0.25, 0.3) is 0 Å². The molecule has 0 saturated carbocycles. The summed E-state index contributed by atoms with van der Waals surface area (Å²) >= 11 is 0. The Balaban J connectivity index is 2.35. The third-order valence-corrected chi connectivity index (χ3v) is 3.37. The number of rotatable bonds is 5. The summed E-state index contributed by atoms with van der Waals surface area (Å²) in [6.45, 7) is -1.24. The van der Waals surface area contributed by atoms with Gasteiger partial charge in [-0.25, -0.2) is 9.18 Å². The average molecular weight is 305 g/mol. The molecule has 0 aliphatic carbocycles. The van der Waals surface area contributed by atoms with E-state index in [1.165, 1.54) is 0 Å². The van der Waals surface area contributed by atoms with Gasteiger partial charge >= 0.3 is 5.69 Å². The molecule has 1 aliphatic rings. The predicted octanol–water partition coefficient (Wildman–Crippen LogP) is -0.973.